The van der Waals surface area contributed by atoms with Crippen LogP contribution < -0.4 is 15.4 Å². The summed E-state index contributed by atoms with van der Waals surface area (Å²) in [5.74, 6) is -0.207. The van der Waals surface area contributed by atoms with Crippen molar-refractivity contribution in [2.24, 2.45) is 11.3 Å². The molecular formula is C27H37BrN2O4. The van der Waals surface area contributed by atoms with Crippen LogP contribution in [-0.2, 0) is 11.2 Å². The molecule has 0 aromatic heterocycles. The molecule has 0 fully saturated rings. The molecule has 0 unspecified atom stereocenters. The minimum absolute atomic E-state index is 0.0901. The molecule has 0 aliphatic carbocycles. The fourth-order valence-electron chi connectivity index (χ4n) is 3.56. The van der Waals surface area contributed by atoms with Crippen LogP contribution in [0.1, 0.15) is 56.5 Å². The number of rotatable bonds is 12. The molecule has 0 saturated carbocycles. The molecule has 0 spiro atoms. The molecule has 3 N–H and O–H groups in total. The molecule has 3 atom stereocenters. The van der Waals surface area contributed by atoms with E-state index in [2.05, 4.69) is 47.3 Å². The van der Waals surface area contributed by atoms with Crippen molar-refractivity contribution < 1.29 is 19.4 Å². The van der Waals surface area contributed by atoms with Crippen LogP contribution in [0, 0.1) is 11.3 Å². The fourth-order valence-corrected chi connectivity index (χ4v) is 3.83. The van der Waals surface area contributed by atoms with E-state index in [1.54, 1.807) is 31.2 Å². The van der Waals surface area contributed by atoms with Crippen molar-refractivity contribution >= 4 is 27.7 Å². The first-order chi connectivity index (χ1) is 16.1. The molecule has 186 valence electrons. The monoisotopic (exact) mass is 532 g/mol. The lowest BCUT2D eigenvalue weighted by molar-refractivity contribution is -0.125. The molecule has 2 amide bonds. The smallest absolute Gasteiger partial charge is 0.251 e. The first kappa shape index (κ1) is 27.9. The van der Waals surface area contributed by atoms with Crippen molar-refractivity contribution in [2.75, 3.05) is 12.1 Å². The van der Waals surface area contributed by atoms with Gasteiger partial charge in [0.25, 0.3) is 5.91 Å². The Morgan fingerprint density at radius 2 is 1.79 bits per heavy atom. The summed E-state index contributed by atoms with van der Waals surface area (Å²) >= 11 is 3.22. The summed E-state index contributed by atoms with van der Waals surface area (Å²) in [5.41, 5.74) is 1.89. The summed E-state index contributed by atoms with van der Waals surface area (Å²) in [6.07, 6.45) is 0.670. The molecule has 0 heterocycles. The Bertz CT molecular complexity index is 914. The van der Waals surface area contributed by atoms with Crippen LogP contribution in [0.2, 0.25) is 0 Å². The summed E-state index contributed by atoms with van der Waals surface area (Å²) in [7, 11) is 0. The molecule has 34 heavy (non-hydrogen) atoms. The number of nitrogens with one attached hydrogen (secondary N) is 2. The Labute approximate surface area is 211 Å². The van der Waals surface area contributed by atoms with E-state index in [-0.39, 0.29) is 29.6 Å². The van der Waals surface area contributed by atoms with Crippen molar-refractivity contribution in [3.63, 3.8) is 0 Å². The first-order valence-corrected chi connectivity index (χ1v) is 12.8. The molecule has 6 nitrogen and oxygen atoms in total. The highest BCUT2D eigenvalue weighted by molar-refractivity contribution is 9.09. The largest absolute Gasteiger partial charge is 0.482 e. The highest BCUT2D eigenvalue weighted by atomic mass is 79.9. The predicted octanol–water partition coefficient (Wildman–Crippen LogP) is 4.70. The number of ether oxygens (including phenoxy) is 1. The van der Waals surface area contributed by atoms with Crippen LogP contribution in [0.3, 0.4) is 0 Å². The Kier molecular flexibility index (Phi) is 11.1. The molecule has 2 aromatic carbocycles. The van der Waals surface area contributed by atoms with E-state index in [9.17, 15) is 14.7 Å². The standard InChI is InChI=1S/C27H37BrN2O4/c1-19(25(32)29-14-13-27(2,3)4)15-24(31)23(16-20-9-6-5-7-10-20)30-26(33)21-11-8-12-22(17-21)34-18-28/h5-12,17,19,23-24,31H,13-16,18H2,1-4H3,(H,29,32)(H,30,33)/t19-,23+,24+/m1/s1. The topological polar surface area (TPSA) is 87.7 Å². The van der Waals surface area contributed by atoms with E-state index >= 15 is 0 Å². The molecule has 0 saturated heterocycles. The van der Waals surface area contributed by atoms with Gasteiger partial charge in [-0.15, -0.1) is 0 Å². The van der Waals surface area contributed by atoms with Gasteiger partial charge in [0.05, 0.1) is 12.1 Å². The lowest BCUT2D eigenvalue weighted by Crippen LogP contribution is -2.46. The first-order valence-electron chi connectivity index (χ1n) is 11.7. The number of hydrogen-bond acceptors (Lipinski definition) is 4. The summed E-state index contributed by atoms with van der Waals surface area (Å²) in [6.45, 7) is 8.79. The zero-order valence-electron chi connectivity index (χ0n) is 20.5. The van der Waals surface area contributed by atoms with Crippen molar-refractivity contribution in [3.05, 3.63) is 65.7 Å². The predicted molar refractivity (Wildman–Crippen MR) is 139 cm³/mol. The number of hydrogen-bond donors (Lipinski definition) is 3. The Balaban J connectivity index is 2.08. The van der Waals surface area contributed by atoms with Crippen molar-refractivity contribution in [1.82, 2.24) is 10.6 Å². The molecule has 0 aliphatic heterocycles. The lowest BCUT2D eigenvalue weighted by atomic mass is 9.91. The zero-order valence-corrected chi connectivity index (χ0v) is 22.1. The number of alkyl halides is 1. The van der Waals surface area contributed by atoms with Gasteiger partial charge < -0.3 is 20.5 Å². The van der Waals surface area contributed by atoms with Crippen LogP contribution in [0.25, 0.3) is 0 Å². The maximum absolute atomic E-state index is 13.0. The normalized spacial score (nSPS) is 14.1. The third kappa shape index (κ3) is 9.85. The Hall–Kier alpha value is -2.38. The van der Waals surface area contributed by atoms with Gasteiger partial charge in [0.15, 0.2) is 0 Å². The summed E-state index contributed by atoms with van der Waals surface area (Å²) in [6, 6.07) is 16.0. The quantitative estimate of drug-likeness (QED) is 0.346. The van der Waals surface area contributed by atoms with Crippen molar-refractivity contribution in [3.8, 4) is 5.75 Å². The number of carbonyl (C=O) groups is 2. The number of halogens is 1. The van der Waals surface area contributed by atoms with Gasteiger partial charge in [0.1, 0.15) is 11.3 Å². The molecule has 0 aliphatic rings. The molecule has 2 aromatic rings. The highest BCUT2D eigenvalue weighted by Crippen LogP contribution is 2.19. The summed E-state index contributed by atoms with van der Waals surface area (Å²) in [5, 5.41) is 17.0. The number of aliphatic hydroxyl groups is 1. The minimum atomic E-state index is -0.894. The maximum Gasteiger partial charge on any atom is 0.251 e. The van der Waals surface area contributed by atoms with Crippen LogP contribution in [0.5, 0.6) is 5.75 Å². The fraction of sp³-hybridized carbons (Fsp3) is 0.481. The van der Waals surface area contributed by atoms with Crippen LogP contribution >= 0.6 is 15.9 Å². The van der Waals surface area contributed by atoms with Crippen LogP contribution in [-0.4, -0.2) is 41.1 Å². The van der Waals surface area contributed by atoms with E-state index in [4.69, 9.17) is 4.74 Å². The third-order valence-corrected chi connectivity index (χ3v) is 5.84. The minimum Gasteiger partial charge on any atom is -0.482 e. The Morgan fingerprint density at radius 1 is 1.09 bits per heavy atom. The van der Waals surface area contributed by atoms with Gasteiger partial charge in [-0.1, -0.05) is 64.1 Å². The van der Waals surface area contributed by atoms with Crippen molar-refractivity contribution in [1.29, 1.82) is 0 Å². The second kappa shape index (κ2) is 13.5. The average Bonchev–Trinajstić information content (AvgIpc) is 2.78. The van der Waals surface area contributed by atoms with Gasteiger partial charge >= 0.3 is 0 Å². The van der Waals surface area contributed by atoms with Crippen LogP contribution in [0.15, 0.2) is 54.6 Å². The SMILES string of the molecule is C[C@H](C[C@H](O)[C@H](Cc1ccccc1)NC(=O)c1cccc(OCBr)c1)C(=O)NCCC(C)(C)C. The number of benzene rings is 2. The molecule has 2 rings (SSSR count). The molecule has 0 radical (unpaired) electrons. The third-order valence-electron chi connectivity index (χ3n) is 5.61. The van der Waals surface area contributed by atoms with E-state index in [1.165, 1.54) is 0 Å². The number of amides is 2. The zero-order chi connectivity index (χ0) is 25.1. The highest BCUT2D eigenvalue weighted by Gasteiger charge is 2.27. The number of carbonyl (C=O) groups excluding carboxylic acids is 2. The van der Waals surface area contributed by atoms with Gasteiger partial charge in [-0.2, -0.15) is 0 Å². The van der Waals surface area contributed by atoms with Crippen LogP contribution in [0.4, 0.5) is 0 Å². The van der Waals surface area contributed by atoms with Gasteiger partial charge in [-0.3, -0.25) is 9.59 Å². The second-order valence-corrected chi connectivity index (χ2v) is 10.3. The summed E-state index contributed by atoms with van der Waals surface area (Å²) in [4.78, 5) is 25.6. The van der Waals surface area contributed by atoms with E-state index < -0.39 is 12.1 Å². The maximum atomic E-state index is 13.0. The molecule has 0 bridgehead atoms. The molecular weight excluding hydrogens is 496 g/mol. The Morgan fingerprint density at radius 3 is 2.44 bits per heavy atom. The van der Waals surface area contributed by atoms with Gasteiger partial charge in [0.2, 0.25) is 5.91 Å². The van der Waals surface area contributed by atoms with Gasteiger partial charge in [0, 0.05) is 18.0 Å². The second-order valence-electron chi connectivity index (χ2n) is 9.86. The van der Waals surface area contributed by atoms with E-state index in [1.807, 2.05) is 30.3 Å². The summed E-state index contributed by atoms with van der Waals surface area (Å²) < 4.78 is 5.42. The van der Waals surface area contributed by atoms with Crippen molar-refractivity contribution in [2.45, 2.75) is 59.1 Å². The number of aliphatic hydroxyl groups excluding tert-OH is 1. The lowest BCUT2D eigenvalue weighted by Gasteiger charge is -2.27. The average molecular weight is 534 g/mol. The van der Waals surface area contributed by atoms with E-state index in [0.29, 0.717) is 29.8 Å². The van der Waals surface area contributed by atoms with Gasteiger partial charge in [-0.05, 0) is 64.4 Å². The van der Waals surface area contributed by atoms with E-state index in [0.717, 1.165) is 12.0 Å². The van der Waals surface area contributed by atoms with Gasteiger partial charge in [-0.25, -0.2) is 0 Å². The molecule has 7 heteroatoms.